The Balaban J connectivity index is 2.38. The van der Waals surface area contributed by atoms with E-state index in [1.165, 1.54) is 24.3 Å². The summed E-state index contributed by atoms with van der Waals surface area (Å²) in [4.78, 5) is 45.0. The van der Waals surface area contributed by atoms with Crippen LogP contribution in [0.4, 0.5) is 5.69 Å². The number of carbonyl (C=O) groups excluding carboxylic acids is 3. The number of rotatable bonds is 7. The van der Waals surface area contributed by atoms with Crippen molar-refractivity contribution < 1.29 is 48.1 Å². The van der Waals surface area contributed by atoms with Gasteiger partial charge in [-0.3, -0.25) is 24.5 Å². The summed E-state index contributed by atoms with van der Waals surface area (Å²) in [7, 11) is 0. The Morgan fingerprint density at radius 2 is 1.47 bits per heavy atom. The summed E-state index contributed by atoms with van der Waals surface area (Å²) in [6.07, 6.45) is -6.55. The average molecular weight is 427 g/mol. The molecule has 0 spiro atoms. The number of non-ortho nitro benzene ring substituents is 1. The van der Waals surface area contributed by atoms with Gasteiger partial charge in [0.05, 0.1) is 11.5 Å². The highest BCUT2D eigenvalue weighted by Crippen LogP contribution is 2.31. The number of benzene rings is 1. The summed E-state index contributed by atoms with van der Waals surface area (Å²) in [6, 6.07) is 4.96. The largest absolute Gasteiger partial charge is 0.461 e. The zero-order valence-electron chi connectivity index (χ0n) is 16.4. The van der Waals surface area contributed by atoms with Gasteiger partial charge in [0.25, 0.3) is 5.69 Å². The number of aliphatic hydroxyl groups is 1. The van der Waals surface area contributed by atoms with Crippen molar-refractivity contribution in [3.05, 3.63) is 34.4 Å². The van der Waals surface area contributed by atoms with E-state index in [0.29, 0.717) is 0 Å². The molecule has 5 atom stereocenters. The van der Waals surface area contributed by atoms with Gasteiger partial charge in [0, 0.05) is 32.9 Å². The first kappa shape index (κ1) is 23.0. The maximum absolute atomic E-state index is 11.6. The van der Waals surface area contributed by atoms with Gasteiger partial charge in [-0.25, -0.2) is 0 Å². The summed E-state index contributed by atoms with van der Waals surface area (Å²) in [5.74, 6) is -2.15. The topological polar surface area (TPSA) is 161 Å². The highest BCUT2D eigenvalue weighted by molar-refractivity contribution is 5.68. The molecular formula is C18H21NO11. The van der Waals surface area contributed by atoms with E-state index in [9.17, 15) is 29.6 Å². The Kier molecular flexibility index (Phi) is 7.66. The summed E-state index contributed by atoms with van der Waals surface area (Å²) >= 11 is 0. The van der Waals surface area contributed by atoms with Gasteiger partial charge in [0.15, 0.2) is 12.2 Å². The van der Waals surface area contributed by atoms with Crippen LogP contribution in [-0.2, 0) is 33.3 Å². The normalized spacial score (nSPS) is 25.7. The Labute approximate surface area is 170 Å². The minimum absolute atomic E-state index is 0.118. The van der Waals surface area contributed by atoms with E-state index in [2.05, 4.69) is 0 Å². The van der Waals surface area contributed by atoms with Crippen molar-refractivity contribution in [2.75, 3.05) is 6.61 Å². The molecule has 164 valence electrons. The fourth-order valence-corrected chi connectivity index (χ4v) is 2.88. The number of aliphatic hydroxyl groups excluding tert-OH is 1. The molecule has 1 heterocycles. The van der Waals surface area contributed by atoms with Gasteiger partial charge in [-0.2, -0.15) is 0 Å². The number of nitro groups is 1. The van der Waals surface area contributed by atoms with E-state index in [0.717, 1.165) is 20.8 Å². The van der Waals surface area contributed by atoms with Crippen LogP contribution >= 0.6 is 0 Å². The van der Waals surface area contributed by atoms with E-state index in [-0.39, 0.29) is 11.4 Å². The van der Waals surface area contributed by atoms with Crippen LogP contribution in [0.5, 0.6) is 5.75 Å². The molecule has 0 saturated carbocycles. The predicted molar refractivity (Wildman–Crippen MR) is 96.1 cm³/mol. The maximum Gasteiger partial charge on any atom is 0.303 e. The van der Waals surface area contributed by atoms with Crippen molar-refractivity contribution in [3.63, 3.8) is 0 Å². The summed E-state index contributed by atoms with van der Waals surface area (Å²) in [6.45, 7) is 2.68. The van der Waals surface area contributed by atoms with Gasteiger partial charge < -0.3 is 28.8 Å². The molecule has 12 heteroatoms. The molecule has 0 radical (unpaired) electrons. The third-order valence-electron chi connectivity index (χ3n) is 3.98. The average Bonchev–Trinajstić information content (AvgIpc) is 2.65. The molecule has 0 amide bonds. The molecular weight excluding hydrogens is 406 g/mol. The van der Waals surface area contributed by atoms with E-state index in [1.54, 1.807) is 0 Å². The fourth-order valence-electron chi connectivity index (χ4n) is 2.88. The fraction of sp³-hybridized carbons (Fsp3) is 0.500. The SMILES string of the molecule is CC(=O)O[C@@H]1[C@@H](OC(C)=O)[C@@H](Oc2ccc([N+](=O)[O-])cc2)O[C@H](CO)[C@H]1OC(C)=O. The molecule has 0 aliphatic carbocycles. The molecule has 12 nitrogen and oxygen atoms in total. The van der Waals surface area contributed by atoms with E-state index in [1.807, 2.05) is 0 Å². The van der Waals surface area contributed by atoms with E-state index >= 15 is 0 Å². The maximum atomic E-state index is 11.6. The summed E-state index contributed by atoms with van der Waals surface area (Å²) in [5, 5.41) is 20.5. The first-order valence-corrected chi connectivity index (χ1v) is 8.81. The second-order valence-electron chi connectivity index (χ2n) is 6.32. The Morgan fingerprint density at radius 3 is 1.93 bits per heavy atom. The monoisotopic (exact) mass is 427 g/mol. The van der Waals surface area contributed by atoms with Gasteiger partial charge >= 0.3 is 17.9 Å². The van der Waals surface area contributed by atoms with Crippen molar-refractivity contribution in [2.24, 2.45) is 0 Å². The van der Waals surface area contributed by atoms with Crippen molar-refractivity contribution in [3.8, 4) is 5.75 Å². The minimum atomic E-state index is -1.39. The number of ether oxygens (including phenoxy) is 5. The molecule has 0 bridgehead atoms. The molecule has 1 aliphatic heterocycles. The molecule has 1 N–H and O–H groups in total. The zero-order valence-corrected chi connectivity index (χ0v) is 16.4. The third-order valence-corrected chi connectivity index (χ3v) is 3.98. The van der Waals surface area contributed by atoms with Crippen LogP contribution in [0, 0.1) is 10.1 Å². The first-order valence-electron chi connectivity index (χ1n) is 8.81. The van der Waals surface area contributed by atoms with E-state index < -0.39 is 60.1 Å². The van der Waals surface area contributed by atoms with Crippen LogP contribution < -0.4 is 4.74 Å². The molecule has 30 heavy (non-hydrogen) atoms. The minimum Gasteiger partial charge on any atom is -0.461 e. The highest BCUT2D eigenvalue weighted by Gasteiger charge is 2.52. The molecule has 0 aromatic heterocycles. The van der Waals surface area contributed by atoms with Crippen molar-refractivity contribution in [1.29, 1.82) is 0 Å². The molecule has 1 fully saturated rings. The second-order valence-corrected chi connectivity index (χ2v) is 6.32. The molecule has 0 unspecified atom stereocenters. The summed E-state index contributed by atoms with van der Waals surface area (Å²) in [5.41, 5.74) is -0.176. The Bertz CT molecular complexity index is 794. The van der Waals surface area contributed by atoms with Crippen LogP contribution in [0.3, 0.4) is 0 Å². The van der Waals surface area contributed by atoms with Crippen LogP contribution in [0.25, 0.3) is 0 Å². The smallest absolute Gasteiger partial charge is 0.303 e. The van der Waals surface area contributed by atoms with Crippen LogP contribution in [-0.4, -0.2) is 65.3 Å². The molecule has 1 aromatic rings. The lowest BCUT2D eigenvalue weighted by molar-refractivity contribution is -0.384. The van der Waals surface area contributed by atoms with Gasteiger partial charge in [-0.15, -0.1) is 0 Å². The van der Waals surface area contributed by atoms with Crippen LogP contribution in [0.2, 0.25) is 0 Å². The van der Waals surface area contributed by atoms with Crippen molar-refractivity contribution in [2.45, 2.75) is 51.5 Å². The van der Waals surface area contributed by atoms with Gasteiger partial charge in [0.1, 0.15) is 11.9 Å². The number of hydrogen-bond donors (Lipinski definition) is 1. The zero-order chi connectivity index (χ0) is 22.4. The number of nitro benzene ring substituents is 1. The van der Waals surface area contributed by atoms with Gasteiger partial charge in [0.2, 0.25) is 12.4 Å². The lowest BCUT2D eigenvalue weighted by Gasteiger charge is -2.43. The lowest BCUT2D eigenvalue weighted by Crippen LogP contribution is -2.63. The predicted octanol–water partition coefficient (Wildman–Crippen LogP) is 0.486. The highest BCUT2D eigenvalue weighted by atomic mass is 16.7. The van der Waals surface area contributed by atoms with Crippen LogP contribution in [0.1, 0.15) is 20.8 Å². The van der Waals surface area contributed by atoms with Crippen molar-refractivity contribution >= 4 is 23.6 Å². The van der Waals surface area contributed by atoms with E-state index in [4.69, 9.17) is 23.7 Å². The number of hydrogen-bond acceptors (Lipinski definition) is 11. The number of esters is 3. The van der Waals surface area contributed by atoms with Crippen molar-refractivity contribution in [1.82, 2.24) is 0 Å². The lowest BCUT2D eigenvalue weighted by atomic mass is 9.98. The molecule has 2 rings (SSSR count). The third kappa shape index (κ3) is 5.87. The molecule has 1 aliphatic rings. The quantitative estimate of drug-likeness (QED) is 0.279. The number of carbonyl (C=O) groups is 3. The number of nitrogens with zero attached hydrogens (tertiary/aromatic N) is 1. The van der Waals surface area contributed by atoms with Gasteiger partial charge in [-0.1, -0.05) is 0 Å². The second kappa shape index (κ2) is 9.98. The Hall–Kier alpha value is -3.25. The molecule has 1 saturated heterocycles. The Morgan fingerprint density at radius 1 is 0.967 bits per heavy atom. The standard InChI is InChI=1S/C18H21NO11/c1-9(21)26-15-14(8-20)30-18(17(28-11(3)23)16(15)27-10(2)22)29-13-6-4-12(5-7-13)19(24)25/h4-7,14-18,20H,8H2,1-3H3/t14-,15-,16+,17-,18+/m1/s1. The first-order chi connectivity index (χ1) is 14.1. The van der Waals surface area contributed by atoms with Gasteiger partial charge in [-0.05, 0) is 12.1 Å². The summed E-state index contributed by atoms with van der Waals surface area (Å²) < 4.78 is 26.8. The molecule has 1 aromatic carbocycles. The van der Waals surface area contributed by atoms with Crippen LogP contribution in [0.15, 0.2) is 24.3 Å².